The molecule has 4 nitrogen and oxygen atoms in total. The molecule has 1 heterocycles. The molecule has 0 amide bonds. The highest BCUT2D eigenvalue weighted by Crippen LogP contribution is 2.31. The summed E-state index contributed by atoms with van der Waals surface area (Å²) >= 11 is 0. The predicted octanol–water partition coefficient (Wildman–Crippen LogP) is 3.02. The van der Waals surface area contributed by atoms with E-state index in [1.165, 1.54) is 6.42 Å². The van der Waals surface area contributed by atoms with E-state index in [4.69, 9.17) is 5.11 Å². The van der Waals surface area contributed by atoms with Crippen molar-refractivity contribution in [2.24, 2.45) is 11.8 Å². The summed E-state index contributed by atoms with van der Waals surface area (Å²) < 4.78 is 0. The number of hydrogen-bond acceptors (Lipinski definition) is 3. The topological polar surface area (TPSA) is 62.2 Å². The van der Waals surface area contributed by atoms with Crippen LogP contribution >= 0.6 is 0 Å². The van der Waals surface area contributed by atoms with E-state index in [1.54, 1.807) is 18.3 Å². The van der Waals surface area contributed by atoms with Crippen LogP contribution in [0.2, 0.25) is 0 Å². The number of hydrogen-bond donors (Lipinski definition) is 2. The molecule has 18 heavy (non-hydrogen) atoms. The first-order valence-electron chi connectivity index (χ1n) is 6.52. The molecule has 0 saturated heterocycles. The molecule has 0 bridgehead atoms. The van der Waals surface area contributed by atoms with Crippen molar-refractivity contribution >= 4 is 11.8 Å². The summed E-state index contributed by atoms with van der Waals surface area (Å²) in [6.45, 7) is 4.54. The van der Waals surface area contributed by atoms with Crippen LogP contribution in [-0.2, 0) is 0 Å². The van der Waals surface area contributed by atoms with Crippen molar-refractivity contribution in [2.45, 2.75) is 39.2 Å². The molecule has 1 aliphatic rings. The zero-order valence-electron chi connectivity index (χ0n) is 10.9. The van der Waals surface area contributed by atoms with E-state index >= 15 is 0 Å². The summed E-state index contributed by atoms with van der Waals surface area (Å²) in [6.07, 6.45) is 4.98. The summed E-state index contributed by atoms with van der Waals surface area (Å²) in [5.41, 5.74) is 0.253. The van der Waals surface area contributed by atoms with Crippen molar-refractivity contribution < 1.29 is 9.90 Å². The Morgan fingerprint density at radius 2 is 2.17 bits per heavy atom. The molecule has 0 spiro atoms. The second-order valence-corrected chi connectivity index (χ2v) is 5.31. The van der Waals surface area contributed by atoms with E-state index in [2.05, 4.69) is 24.1 Å². The van der Waals surface area contributed by atoms with Gasteiger partial charge >= 0.3 is 5.97 Å². The maximum Gasteiger partial charge on any atom is 0.339 e. The third-order valence-electron chi connectivity index (χ3n) is 3.98. The second kappa shape index (κ2) is 5.38. The Hall–Kier alpha value is -1.58. The van der Waals surface area contributed by atoms with Crippen molar-refractivity contribution in [1.82, 2.24) is 4.98 Å². The lowest BCUT2D eigenvalue weighted by Crippen LogP contribution is -2.31. The van der Waals surface area contributed by atoms with Gasteiger partial charge in [0.15, 0.2) is 0 Å². The lowest BCUT2D eigenvalue weighted by Gasteiger charge is -2.33. The fraction of sp³-hybridized carbons (Fsp3) is 0.571. The standard InChI is InChI=1S/C14H20N2O2/c1-9-5-6-11(8-10(9)2)16-13-12(14(17)18)4-3-7-15-13/h3-4,7,9-11H,5-6,8H2,1-2H3,(H,15,16)(H,17,18). The lowest BCUT2D eigenvalue weighted by atomic mass is 9.79. The SMILES string of the molecule is CC1CCC(Nc2ncccc2C(=O)O)CC1C. The van der Waals surface area contributed by atoms with E-state index in [-0.39, 0.29) is 5.56 Å². The molecule has 1 aliphatic carbocycles. The van der Waals surface area contributed by atoms with Crippen LogP contribution in [0.25, 0.3) is 0 Å². The average molecular weight is 248 g/mol. The van der Waals surface area contributed by atoms with Crippen LogP contribution in [0, 0.1) is 11.8 Å². The molecule has 3 atom stereocenters. The molecule has 0 radical (unpaired) electrons. The number of aromatic nitrogens is 1. The van der Waals surface area contributed by atoms with Crippen molar-refractivity contribution in [1.29, 1.82) is 0 Å². The average Bonchev–Trinajstić information content (AvgIpc) is 2.34. The predicted molar refractivity (Wildman–Crippen MR) is 70.8 cm³/mol. The molecule has 0 aliphatic heterocycles. The van der Waals surface area contributed by atoms with Gasteiger partial charge < -0.3 is 10.4 Å². The summed E-state index contributed by atoms with van der Waals surface area (Å²) in [5.74, 6) is 0.999. The molecular formula is C14H20N2O2. The molecule has 2 rings (SSSR count). The van der Waals surface area contributed by atoms with Crippen molar-refractivity contribution in [3.63, 3.8) is 0 Å². The Morgan fingerprint density at radius 3 is 2.83 bits per heavy atom. The summed E-state index contributed by atoms with van der Waals surface area (Å²) in [7, 11) is 0. The van der Waals surface area contributed by atoms with E-state index in [9.17, 15) is 4.79 Å². The first-order chi connectivity index (χ1) is 8.58. The number of nitrogens with zero attached hydrogens (tertiary/aromatic N) is 1. The van der Waals surface area contributed by atoms with Gasteiger partial charge in [-0.15, -0.1) is 0 Å². The minimum Gasteiger partial charge on any atom is -0.478 e. The van der Waals surface area contributed by atoms with Gasteiger partial charge in [0.05, 0.1) is 0 Å². The minimum absolute atomic E-state index is 0.253. The highest BCUT2D eigenvalue weighted by molar-refractivity contribution is 5.93. The molecule has 1 aromatic heterocycles. The van der Waals surface area contributed by atoms with Gasteiger partial charge in [-0.25, -0.2) is 9.78 Å². The van der Waals surface area contributed by atoms with E-state index in [0.29, 0.717) is 17.8 Å². The fourth-order valence-corrected chi connectivity index (χ4v) is 2.56. The molecule has 98 valence electrons. The number of rotatable bonds is 3. The lowest BCUT2D eigenvalue weighted by molar-refractivity contribution is 0.0697. The number of anilines is 1. The molecule has 3 unspecified atom stereocenters. The molecule has 0 aromatic carbocycles. The smallest absolute Gasteiger partial charge is 0.339 e. The maximum absolute atomic E-state index is 11.1. The third kappa shape index (κ3) is 2.81. The van der Waals surface area contributed by atoms with Gasteiger partial charge in [-0.1, -0.05) is 13.8 Å². The minimum atomic E-state index is -0.928. The molecule has 1 saturated carbocycles. The van der Waals surface area contributed by atoms with Gasteiger partial charge in [-0.2, -0.15) is 0 Å². The monoisotopic (exact) mass is 248 g/mol. The zero-order valence-corrected chi connectivity index (χ0v) is 10.9. The first kappa shape index (κ1) is 12.9. The summed E-state index contributed by atoms with van der Waals surface area (Å²) in [6, 6.07) is 3.58. The van der Waals surface area contributed by atoms with E-state index in [0.717, 1.165) is 18.8 Å². The Balaban J connectivity index is 2.08. The summed E-state index contributed by atoms with van der Waals surface area (Å²) in [4.78, 5) is 15.2. The van der Waals surface area contributed by atoms with E-state index < -0.39 is 5.97 Å². The summed E-state index contributed by atoms with van der Waals surface area (Å²) in [5, 5.41) is 12.4. The van der Waals surface area contributed by atoms with Crippen LogP contribution in [0.1, 0.15) is 43.5 Å². The fourth-order valence-electron chi connectivity index (χ4n) is 2.56. The highest BCUT2D eigenvalue weighted by atomic mass is 16.4. The van der Waals surface area contributed by atoms with Crippen LogP contribution in [-0.4, -0.2) is 22.1 Å². The molecule has 2 N–H and O–H groups in total. The van der Waals surface area contributed by atoms with Gasteiger partial charge in [0.1, 0.15) is 11.4 Å². The van der Waals surface area contributed by atoms with Gasteiger partial charge in [0, 0.05) is 12.2 Å². The largest absolute Gasteiger partial charge is 0.478 e. The number of carboxylic acid groups (broad SMARTS) is 1. The molecule has 4 heteroatoms. The molecule has 1 fully saturated rings. The molecular weight excluding hydrogens is 228 g/mol. The van der Waals surface area contributed by atoms with Gasteiger partial charge in [-0.05, 0) is 43.2 Å². The zero-order chi connectivity index (χ0) is 13.1. The Morgan fingerprint density at radius 1 is 1.39 bits per heavy atom. The van der Waals surface area contributed by atoms with Gasteiger partial charge in [0.2, 0.25) is 0 Å². The van der Waals surface area contributed by atoms with Crippen LogP contribution in [0.5, 0.6) is 0 Å². The highest BCUT2D eigenvalue weighted by Gasteiger charge is 2.25. The maximum atomic E-state index is 11.1. The van der Waals surface area contributed by atoms with Crippen molar-refractivity contribution in [3.05, 3.63) is 23.9 Å². The van der Waals surface area contributed by atoms with Crippen molar-refractivity contribution in [2.75, 3.05) is 5.32 Å². The third-order valence-corrected chi connectivity index (χ3v) is 3.98. The van der Waals surface area contributed by atoms with E-state index in [1.807, 2.05) is 0 Å². The number of carboxylic acids is 1. The number of pyridine rings is 1. The Bertz CT molecular complexity index is 434. The number of nitrogens with one attached hydrogen (secondary N) is 1. The molecule has 1 aromatic rings. The van der Waals surface area contributed by atoms with Gasteiger partial charge in [0.25, 0.3) is 0 Å². The first-order valence-corrected chi connectivity index (χ1v) is 6.52. The normalized spacial score (nSPS) is 27.8. The van der Waals surface area contributed by atoms with Crippen LogP contribution < -0.4 is 5.32 Å². The Kier molecular flexibility index (Phi) is 3.84. The second-order valence-electron chi connectivity index (χ2n) is 5.31. The van der Waals surface area contributed by atoms with Crippen molar-refractivity contribution in [3.8, 4) is 0 Å². The number of aromatic carboxylic acids is 1. The number of carbonyl (C=O) groups is 1. The van der Waals surface area contributed by atoms with Crippen LogP contribution in [0.4, 0.5) is 5.82 Å². The van der Waals surface area contributed by atoms with Gasteiger partial charge in [-0.3, -0.25) is 0 Å². The quantitative estimate of drug-likeness (QED) is 0.863. The van der Waals surface area contributed by atoms with Crippen LogP contribution in [0.15, 0.2) is 18.3 Å². The Labute approximate surface area is 107 Å². The van der Waals surface area contributed by atoms with Crippen LogP contribution in [0.3, 0.4) is 0 Å².